The zero-order chi connectivity index (χ0) is 35.5. The summed E-state index contributed by atoms with van der Waals surface area (Å²) in [6.07, 6.45) is -3.93. The number of alkyl carbamates (subject to hydrolysis) is 1. The summed E-state index contributed by atoms with van der Waals surface area (Å²) in [5.74, 6) is -2.07. The molecule has 0 radical (unpaired) electrons. The first-order chi connectivity index (χ1) is 23.4. The van der Waals surface area contributed by atoms with Crippen molar-refractivity contribution in [1.82, 2.24) is 41.5 Å². The van der Waals surface area contributed by atoms with Crippen molar-refractivity contribution in [2.45, 2.75) is 77.4 Å². The smallest absolute Gasteiger partial charge is 0.407 e. The molecule has 1 fully saturated rings. The lowest BCUT2D eigenvalue weighted by atomic mass is 9.96. The standard InChI is InChI=1S/C34H44F2N8O5/c1-20(2)19-49-34(48)39-29(21(3)4)33(47)44-18-25(23-8-6-5-7-9-23)16-27(44)32(46)38-26(17-28(35)36)31(45)37-15-14-22-10-12-24(13-11-22)30-40-42-43-41-30/h5-13,20-21,25-29H,14-19H2,1-4H3,(H,37,45)(H,38,46)(H,39,48)(H,40,41,42,43)/t25-,26+,27+,29+/m1/s1. The van der Waals surface area contributed by atoms with E-state index in [0.29, 0.717) is 12.2 Å². The molecule has 1 aliphatic heterocycles. The van der Waals surface area contributed by atoms with Crippen LogP contribution >= 0.6 is 0 Å². The van der Waals surface area contributed by atoms with E-state index in [4.69, 9.17) is 4.74 Å². The maximum atomic E-state index is 14.0. The number of rotatable bonds is 15. The Bertz CT molecular complexity index is 1520. The van der Waals surface area contributed by atoms with Gasteiger partial charge >= 0.3 is 6.09 Å². The number of tetrazole rings is 1. The topological polar surface area (TPSA) is 171 Å². The quantitative estimate of drug-likeness (QED) is 0.189. The Balaban J connectivity index is 1.45. The number of aromatic amines is 1. The van der Waals surface area contributed by atoms with Gasteiger partial charge in [-0.1, -0.05) is 82.3 Å². The molecular weight excluding hydrogens is 638 g/mol. The van der Waals surface area contributed by atoms with E-state index < -0.39 is 54.8 Å². The fourth-order valence-corrected chi connectivity index (χ4v) is 5.63. The van der Waals surface area contributed by atoms with Crippen LogP contribution in [0.15, 0.2) is 54.6 Å². The first-order valence-corrected chi connectivity index (χ1v) is 16.4. The summed E-state index contributed by atoms with van der Waals surface area (Å²) in [4.78, 5) is 54.8. The molecule has 3 aromatic rings. The first-order valence-electron chi connectivity index (χ1n) is 16.4. The number of hydrogen-bond donors (Lipinski definition) is 4. The Kier molecular flexibility index (Phi) is 13.1. The Morgan fingerprint density at radius 1 is 1.00 bits per heavy atom. The molecule has 4 rings (SSSR count). The second kappa shape index (κ2) is 17.4. The zero-order valence-electron chi connectivity index (χ0n) is 28.1. The van der Waals surface area contributed by atoms with Gasteiger partial charge in [0.05, 0.1) is 6.61 Å². The van der Waals surface area contributed by atoms with E-state index in [2.05, 4.69) is 36.6 Å². The fourth-order valence-electron chi connectivity index (χ4n) is 5.63. The van der Waals surface area contributed by atoms with Crippen molar-refractivity contribution in [2.24, 2.45) is 11.8 Å². The largest absolute Gasteiger partial charge is 0.449 e. The molecule has 1 aromatic heterocycles. The molecule has 0 unspecified atom stereocenters. The summed E-state index contributed by atoms with van der Waals surface area (Å²) in [7, 11) is 0. The van der Waals surface area contributed by atoms with Gasteiger partial charge in [0.1, 0.15) is 18.1 Å². The lowest BCUT2D eigenvalue weighted by Crippen LogP contribution is -2.57. The zero-order valence-corrected chi connectivity index (χ0v) is 28.1. The number of hydrogen-bond acceptors (Lipinski definition) is 8. The Morgan fingerprint density at radius 3 is 2.33 bits per heavy atom. The van der Waals surface area contributed by atoms with Crippen molar-refractivity contribution in [3.63, 3.8) is 0 Å². The molecule has 0 saturated carbocycles. The van der Waals surface area contributed by atoms with Crippen LogP contribution in [0.4, 0.5) is 13.6 Å². The highest BCUT2D eigenvalue weighted by Gasteiger charge is 2.44. The highest BCUT2D eigenvalue weighted by molar-refractivity contribution is 5.94. The van der Waals surface area contributed by atoms with E-state index in [9.17, 15) is 28.0 Å². The third-order valence-corrected chi connectivity index (χ3v) is 8.23. The predicted molar refractivity (Wildman–Crippen MR) is 176 cm³/mol. The molecule has 4 atom stereocenters. The third kappa shape index (κ3) is 10.5. The number of benzene rings is 2. The summed E-state index contributed by atoms with van der Waals surface area (Å²) in [5.41, 5.74) is 2.51. The molecule has 264 valence electrons. The van der Waals surface area contributed by atoms with Crippen LogP contribution in [0.1, 0.15) is 57.6 Å². The van der Waals surface area contributed by atoms with Crippen LogP contribution in [-0.2, 0) is 25.5 Å². The van der Waals surface area contributed by atoms with Crippen LogP contribution in [0.5, 0.6) is 0 Å². The predicted octanol–water partition coefficient (Wildman–Crippen LogP) is 3.46. The number of nitrogens with one attached hydrogen (secondary N) is 4. The molecular formula is C34H44F2N8O5. The maximum absolute atomic E-state index is 14.0. The van der Waals surface area contributed by atoms with Crippen LogP contribution in [0.2, 0.25) is 0 Å². The van der Waals surface area contributed by atoms with Gasteiger partial charge < -0.3 is 25.6 Å². The molecule has 0 bridgehead atoms. The van der Waals surface area contributed by atoms with Gasteiger partial charge in [0.2, 0.25) is 30.0 Å². The average Bonchev–Trinajstić information content (AvgIpc) is 3.78. The number of likely N-dealkylation sites (tertiary alicyclic amines) is 1. The number of carbonyl (C=O) groups excluding carboxylic acids is 4. The highest BCUT2D eigenvalue weighted by Crippen LogP contribution is 2.33. The Hall–Kier alpha value is -4.95. The van der Waals surface area contributed by atoms with Gasteiger partial charge in [-0.3, -0.25) is 14.4 Å². The van der Waals surface area contributed by atoms with Gasteiger partial charge in [0, 0.05) is 31.0 Å². The molecule has 15 heteroatoms. The molecule has 4 N–H and O–H groups in total. The molecule has 13 nitrogen and oxygen atoms in total. The van der Waals surface area contributed by atoms with Crippen molar-refractivity contribution in [1.29, 1.82) is 0 Å². The number of halogens is 2. The monoisotopic (exact) mass is 682 g/mol. The number of carbonyl (C=O) groups is 4. The number of nitrogens with zero attached hydrogens (tertiary/aromatic N) is 4. The summed E-state index contributed by atoms with van der Waals surface area (Å²) >= 11 is 0. The fraction of sp³-hybridized carbons (Fsp3) is 0.500. The molecule has 0 aliphatic carbocycles. The van der Waals surface area contributed by atoms with Gasteiger partial charge in [-0.25, -0.2) is 13.6 Å². The molecule has 0 spiro atoms. The van der Waals surface area contributed by atoms with Crippen molar-refractivity contribution in [2.75, 3.05) is 19.7 Å². The van der Waals surface area contributed by atoms with Gasteiger partial charge in [0.25, 0.3) is 0 Å². The lowest BCUT2D eigenvalue weighted by Gasteiger charge is -2.31. The van der Waals surface area contributed by atoms with Crippen LogP contribution in [0.3, 0.4) is 0 Å². The molecule has 49 heavy (non-hydrogen) atoms. The number of ether oxygens (including phenoxy) is 1. The second-order valence-electron chi connectivity index (χ2n) is 12.9. The minimum Gasteiger partial charge on any atom is -0.449 e. The van der Waals surface area contributed by atoms with E-state index in [1.165, 1.54) is 4.90 Å². The molecule has 2 heterocycles. The highest BCUT2D eigenvalue weighted by atomic mass is 19.3. The van der Waals surface area contributed by atoms with Crippen LogP contribution in [0.25, 0.3) is 11.4 Å². The average molecular weight is 683 g/mol. The summed E-state index contributed by atoms with van der Waals surface area (Å²) in [6.45, 7) is 7.74. The number of alkyl halides is 2. The summed E-state index contributed by atoms with van der Waals surface area (Å²) in [5, 5.41) is 21.6. The van der Waals surface area contributed by atoms with E-state index >= 15 is 0 Å². The van der Waals surface area contributed by atoms with Gasteiger partial charge in [-0.2, -0.15) is 5.21 Å². The van der Waals surface area contributed by atoms with Crippen LogP contribution in [0, 0.1) is 11.8 Å². The van der Waals surface area contributed by atoms with Gasteiger partial charge in [-0.15, -0.1) is 10.2 Å². The van der Waals surface area contributed by atoms with E-state index in [-0.39, 0.29) is 43.9 Å². The summed E-state index contributed by atoms with van der Waals surface area (Å²) in [6, 6.07) is 13.0. The Labute approximate surface area is 283 Å². The van der Waals surface area contributed by atoms with E-state index in [1.54, 1.807) is 26.0 Å². The van der Waals surface area contributed by atoms with E-state index in [0.717, 1.165) is 16.7 Å². The Morgan fingerprint density at radius 2 is 1.71 bits per heavy atom. The lowest BCUT2D eigenvalue weighted by molar-refractivity contribution is -0.141. The van der Waals surface area contributed by atoms with Crippen LogP contribution in [-0.4, -0.2) is 93.6 Å². The van der Waals surface area contributed by atoms with Gasteiger partial charge in [0.15, 0.2) is 0 Å². The van der Waals surface area contributed by atoms with Crippen LogP contribution < -0.4 is 16.0 Å². The number of aromatic nitrogens is 4. The van der Waals surface area contributed by atoms with Gasteiger partial charge in [-0.05, 0) is 41.0 Å². The third-order valence-electron chi connectivity index (χ3n) is 8.23. The first kappa shape index (κ1) is 36.9. The molecule has 1 saturated heterocycles. The second-order valence-corrected chi connectivity index (χ2v) is 12.9. The van der Waals surface area contributed by atoms with Crippen molar-refractivity contribution in [3.05, 3.63) is 65.7 Å². The molecule has 2 aromatic carbocycles. The minimum atomic E-state index is -2.88. The SMILES string of the molecule is CC(C)COC(=O)N[C@H](C(=O)N1C[C@H](c2ccccc2)C[C@H]1C(=O)N[C@@H](CC(F)F)C(=O)NCCc1ccc(-c2nn[nH]n2)cc1)C(C)C. The van der Waals surface area contributed by atoms with E-state index in [1.807, 2.05) is 56.3 Å². The van der Waals surface area contributed by atoms with Crippen molar-refractivity contribution in [3.8, 4) is 11.4 Å². The van der Waals surface area contributed by atoms with Crippen molar-refractivity contribution < 1.29 is 32.7 Å². The normalized spacial score (nSPS) is 17.2. The summed E-state index contributed by atoms with van der Waals surface area (Å²) < 4.78 is 32.6. The minimum absolute atomic E-state index is 0.0887. The van der Waals surface area contributed by atoms with Crippen molar-refractivity contribution >= 4 is 23.8 Å². The molecule has 1 aliphatic rings. The molecule has 4 amide bonds. The number of amides is 4. The maximum Gasteiger partial charge on any atom is 0.407 e. The number of H-pyrrole nitrogens is 1.